The SMILES string of the molecule is C1=CCC(c2cc(-c3ccccc3)n(Cc3ccccn3)n2)=C1. The lowest BCUT2D eigenvalue weighted by atomic mass is 10.1. The molecule has 0 spiro atoms. The summed E-state index contributed by atoms with van der Waals surface area (Å²) < 4.78 is 2.05. The highest BCUT2D eigenvalue weighted by molar-refractivity contribution is 5.72. The van der Waals surface area contributed by atoms with Gasteiger partial charge in [-0.15, -0.1) is 0 Å². The Labute approximate surface area is 135 Å². The van der Waals surface area contributed by atoms with Crippen molar-refractivity contribution in [2.75, 3.05) is 0 Å². The Morgan fingerprint density at radius 1 is 1.00 bits per heavy atom. The Balaban J connectivity index is 1.76. The van der Waals surface area contributed by atoms with Gasteiger partial charge in [0, 0.05) is 6.20 Å². The van der Waals surface area contributed by atoms with Crippen LogP contribution in [0.2, 0.25) is 0 Å². The van der Waals surface area contributed by atoms with Crippen molar-refractivity contribution in [3.8, 4) is 11.3 Å². The average molecular weight is 299 g/mol. The van der Waals surface area contributed by atoms with Crippen molar-refractivity contribution in [3.63, 3.8) is 0 Å². The molecule has 0 saturated heterocycles. The largest absolute Gasteiger partial charge is 0.259 e. The summed E-state index contributed by atoms with van der Waals surface area (Å²) in [7, 11) is 0. The van der Waals surface area contributed by atoms with Crippen LogP contribution in [-0.2, 0) is 6.54 Å². The van der Waals surface area contributed by atoms with E-state index in [1.165, 1.54) is 11.1 Å². The zero-order chi connectivity index (χ0) is 15.5. The predicted molar refractivity (Wildman–Crippen MR) is 92.7 cm³/mol. The van der Waals surface area contributed by atoms with Crippen LogP contribution in [0.5, 0.6) is 0 Å². The number of allylic oxidation sites excluding steroid dienone is 4. The molecule has 4 rings (SSSR count). The van der Waals surface area contributed by atoms with Crippen LogP contribution in [0.15, 0.2) is 79.0 Å². The van der Waals surface area contributed by atoms with Crippen LogP contribution in [0.4, 0.5) is 0 Å². The Hall–Kier alpha value is -2.94. The second-order valence-corrected chi connectivity index (χ2v) is 5.58. The van der Waals surface area contributed by atoms with Crippen LogP contribution < -0.4 is 0 Å². The monoisotopic (exact) mass is 299 g/mol. The van der Waals surface area contributed by atoms with Crippen molar-refractivity contribution < 1.29 is 0 Å². The molecule has 3 aromatic rings. The molecule has 23 heavy (non-hydrogen) atoms. The van der Waals surface area contributed by atoms with Crippen LogP contribution in [0, 0.1) is 0 Å². The maximum absolute atomic E-state index is 4.83. The summed E-state index contributed by atoms with van der Waals surface area (Å²) in [5.74, 6) is 0. The molecule has 0 N–H and O–H groups in total. The molecular formula is C20H17N3. The van der Waals surface area contributed by atoms with E-state index in [9.17, 15) is 0 Å². The molecule has 0 aliphatic heterocycles. The fourth-order valence-corrected chi connectivity index (χ4v) is 2.82. The van der Waals surface area contributed by atoms with E-state index in [1.54, 1.807) is 0 Å². The van der Waals surface area contributed by atoms with Crippen molar-refractivity contribution in [2.24, 2.45) is 0 Å². The van der Waals surface area contributed by atoms with Crippen molar-refractivity contribution in [2.45, 2.75) is 13.0 Å². The van der Waals surface area contributed by atoms with Crippen LogP contribution >= 0.6 is 0 Å². The summed E-state index contributed by atoms with van der Waals surface area (Å²) in [4.78, 5) is 4.43. The Morgan fingerprint density at radius 3 is 2.61 bits per heavy atom. The van der Waals surface area contributed by atoms with Crippen LogP contribution in [0.3, 0.4) is 0 Å². The summed E-state index contributed by atoms with van der Waals surface area (Å²) in [6, 6.07) is 18.6. The highest BCUT2D eigenvalue weighted by Gasteiger charge is 2.14. The molecule has 112 valence electrons. The molecule has 3 nitrogen and oxygen atoms in total. The van der Waals surface area contributed by atoms with Crippen molar-refractivity contribution in [1.82, 2.24) is 14.8 Å². The first-order chi connectivity index (χ1) is 11.4. The minimum atomic E-state index is 0.672. The zero-order valence-corrected chi connectivity index (χ0v) is 12.8. The van der Waals surface area contributed by atoms with Crippen molar-refractivity contribution >= 4 is 5.57 Å². The number of benzene rings is 1. The van der Waals surface area contributed by atoms with E-state index in [0.29, 0.717) is 6.54 Å². The van der Waals surface area contributed by atoms with Crippen molar-refractivity contribution in [1.29, 1.82) is 0 Å². The van der Waals surface area contributed by atoms with Crippen molar-refractivity contribution in [3.05, 3.63) is 90.4 Å². The second kappa shape index (κ2) is 6.05. The van der Waals surface area contributed by atoms with Gasteiger partial charge in [0.15, 0.2) is 0 Å². The summed E-state index contributed by atoms with van der Waals surface area (Å²) in [5, 5.41) is 4.83. The smallest absolute Gasteiger partial charge is 0.0892 e. The molecule has 0 amide bonds. The number of hydrogen-bond acceptors (Lipinski definition) is 2. The van der Waals surface area contributed by atoms with Gasteiger partial charge in [-0.1, -0.05) is 54.6 Å². The first-order valence-electron chi connectivity index (χ1n) is 7.79. The summed E-state index contributed by atoms with van der Waals surface area (Å²) >= 11 is 0. The molecule has 0 unspecified atom stereocenters. The van der Waals surface area contributed by atoms with E-state index in [-0.39, 0.29) is 0 Å². The number of nitrogens with zero attached hydrogens (tertiary/aromatic N) is 3. The molecule has 1 aromatic carbocycles. The quantitative estimate of drug-likeness (QED) is 0.717. The van der Waals surface area contributed by atoms with E-state index in [1.807, 2.05) is 35.1 Å². The summed E-state index contributed by atoms with van der Waals surface area (Å²) in [6.45, 7) is 0.672. The maximum atomic E-state index is 4.83. The van der Waals surface area contributed by atoms with Gasteiger partial charge in [0.05, 0.1) is 23.6 Å². The first kappa shape index (κ1) is 13.7. The normalized spacial score (nSPS) is 13.3. The van der Waals surface area contributed by atoms with E-state index in [0.717, 1.165) is 23.5 Å². The Morgan fingerprint density at radius 2 is 1.87 bits per heavy atom. The standard InChI is InChI=1S/C20H17N3/c1-2-10-17(11-3-1)20-14-19(16-8-4-5-9-16)22-23(20)15-18-12-6-7-13-21-18/h1-8,10-14H,9,15H2. The highest BCUT2D eigenvalue weighted by Crippen LogP contribution is 2.28. The minimum Gasteiger partial charge on any atom is -0.259 e. The zero-order valence-electron chi connectivity index (χ0n) is 12.8. The van der Waals surface area contributed by atoms with E-state index in [4.69, 9.17) is 5.10 Å². The topological polar surface area (TPSA) is 30.7 Å². The average Bonchev–Trinajstić information content (AvgIpc) is 3.26. The van der Waals surface area contributed by atoms with Crippen LogP contribution in [0.1, 0.15) is 17.8 Å². The fourth-order valence-electron chi connectivity index (χ4n) is 2.82. The third kappa shape index (κ3) is 2.86. The van der Waals surface area contributed by atoms with Crippen LogP contribution in [0.25, 0.3) is 16.8 Å². The van der Waals surface area contributed by atoms with Gasteiger partial charge in [0.2, 0.25) is 0 Å². The second-order valence-electron chi connectivity index (χ2n) is 5.58. The number of aromatic nitrogens is 3. The molecule has 1 aliphatic rings. The van der Waals surface area contributed by atoms with Gasteiger partial charge in [-0.25, -0.2) is 0 Å². The minimum absolute atomic E-state index is 0.672. The van der Waals surface area contributed by atoms with Crippen LogP contribution in [-0.4, -0.2) is 14.8 Å². The fraction of sp³-hybridized carbons (Fsp3) is 0.100. The molecule has 0 saturated carbocycles. The van der Waals surface area contributed by atoms with Gasteiger partial charge >= 0.3 is 0 Å². The van der Waals surface area contributed by atoms with Gasteiger partial charge in [0.25, 0.3) is 0 Å². The lowest BCUT2D eigenvalue weighted by molar-refractivity contribution is 0.677. The molecular weight excluding hydrogens is 282 g/mol. The maximum Gasteiger partial charge on any atom is 0.0892 e. The van der Waals surface area contributed by atoms with E-state index >= 15 is 0 Å². The Kier molecular flexibility index (Phi) is 3.60. The summed E-state index contributed by atoms with van der Waals surface area (Å²) in [6.07, 6.45) is 9.17. The summed E-state index contributed by atoms with van der Waals surface area (Å²) in [5.41, 5.74) is 5.62. The van der Waals surface area contributed by atoms with Gasteiger partial charge in [-0.3, -0.25) is 9.67 Å². The number of pyridine rings is 1. The highest BCUT2D eigenvalue weighted by atomic mass is 15.3. The van der Waals surface area contributed by atoms with Gasteiger partial charge in [-0.2, -0.15) is 5.10 Å². The third-order valence-corrected chi connectivity index (χ3v) is 3.99. The molecule has 1 aliphatic carbocycles. The van der Waals surface area contributed by atoms with E-state index in [2.05, 4.69) is 53.5 Å². The molecule has 2 heterocycles. The predicted octanol–water partition coefficient (Wildman–Crippen LogP) is 4.34. The van der Waals surface area contributed by atoms with Gasteiger partial charge < -0.3 is 0 Å². The third-order valence-electron chi connectivity index (χ3n) is 3.99. The molecule has 0 atom stereocenters. The molecule has 3 heteroatoms. The number of rotatable bonds is 4. The van der Waals surface area contributed by atoms with Gasteiger partial charge in [0.1, 0.15) is 0 Å². The van der Waals surface area contributed by atoms with Gasteiger partial charge in [-0.05, 0) is 35.8 Å². The molecule has 0 bridgehead atoms. The van der Waals surface area contributed by atoms with E-state index < -0.39 is 0 Å². The molecule has 0 fully saturated rings. The molecule has 0 radical (unpaired) electrons. The molecule has 2 aromatic heterocycles. The lowest BCUT2D eigenvalue weighted by Crippen LogP contribution is -2.05. The Bertz CT molecular complexity index is 858. The lowest BCUT2D eigenvalue weighted by Gasteiger charge is -2.07. The number of hydrogen-bond donors (Lipinski definition) is 0. The first-order valence-corrected chi connectivity index (χ1v) is 7.79.